The van der Waals surface area contributed by atoms with Gasteiger partial charge >= 0.3 is 0 Å². The second-order valence-corrected chi connectivity index (χ2v) is 4.38. The summed E-state index contributed by atoms with van der Waals surface area (Å²) in [5.41, 5.74) is 0.212. The van der Waals surface area contributed by atoms with E-state index in [4.69, 9.17) is 0 Å². The topological polar surface area (TPSA) is 63.5 Å². The predicted octanol–water partition coefficient (Wildman–Crippen LogP) is 1.90. The number of nitro benzene ring substituents is 1. The molecule has 0 N–H and O–H groups in total. The van der Waals surface area contributed by atoms with Gasteiger partial charge in [0.2, 0.25) is 0 Å². The minimum Gasteiger partial charge on any atom is -0.298 e. The second-order valence-electron chi connectivity index (χ2n) is 4.38. The van der Waals surface area contributed by atoms with E-state index in [2.05, 4.69) is 0 Å². The van der Waals surface area contributed by atoms with Crippen molar-refractivity contribution in [3.05, 3.63) is 39.7 Å². The van der Waals surface area contributed by atoms with E-state index in [1.165, 1.54) is 0 Å². The van der Waals surface area contributed by atoms with Gasteiger partial charge in [-0.3, -0.25) is 19.8 Å². The number of nitrogens with zero attached hydrogens (tertiary/aromatic N) is 2. The molecule has 96 valence electrons. The van der Waals surface area contributed by atoms with E-state index in [1.54, 1.807) is 0 Å². The molecule has 1 aliphatic heterocycles. The van der Waals surface area contributed by atoms with Crippen LogP contribution in [0.4, 0.5) is 10.1 Å². The van der Waals surface area contributed by atoms with Crippen LogP contribution in [0.5, 0.6) is 0 Å². The van der Waals surface area contributed by atoms with Crippen molar-refractivity contribution in [1.82, 2.24) is 4.90 Å². The van der Waals surface area contributed by atoms with Crippen LogP contribution in [0.1, 0.15) is 18.4 Å². The molecule has 1 fully saturated rings. The van der Waals surface area contributed by atoms with Gasteiger partial charge in [-0.15, -0.1) is 0 Å². The van der Waals surface area contributed by atoms with Crippen LogP contribution in [0.2, 0.25) is 0 Å². The Balaban J connectivity index is 2.19. The smallest absolute Gasteiger partial charge is 0.274 e. The molecule has 1 heterocycles. The zero-order valence-corrected chi connectivity index (χ0v) is 9.76. The van der Waals surface area contributed by atoms with Gasteiger partial charge in [-0.25, -0.2) is 4.39 Å². The Labute approximate surface area is 103 Å². The van der Waals surface area contributed by atoms with Crippen LogP contribution in [0.15, 0.2) is 18.2 Å². The molecule has 0 radical (unpaired) electrons. The maximum absolute atomic E-state index is 13.1. The van der Waals surface area contributed by atoms with Gasteiger partial charge in [-0.05, 0) is 25.1 Å². The Morgan fingerprint density at radius 1 is 1.44 bits per heavy atom. The molecule has 2 rings (SSSR count). The number of benzene rings is 1. The molecule has 0 aromatic heterocycles. The first-order valence-electron chi connectivity index (χ1n) is 5.73. The number of hydrogen-bond acceptors (Lipinski definition) is 4. The SMILES string of the molecule is O=C1CCCN(Cc2cc(F)ccc2[N+](=O)[O-])C1. The van der Waals surface area contributed by atoms with Crippen LogP contribution in [-0.4, -0.2) is 28.7 Å². The fourth-order valence-corrected chi connectivity index (χ4v) is 2.14. The number of hydrogen-bond donors (Lipinski definition) is 0. The van der Waals surface area contributed by atoms with Crippen LogP contribution >= 0.6 is 0 Å². The molecule has 18 heavy (non-hydrogen) atoms. The third-order valence-electron chi connectivity index (χ3n) is 2.96. The maximum Gasteiger partial charge on any atom is 0.274 e. The first-order valence-corrected chi connectivity index (χ1v) is 5.73. The highest BCUT2D eigenvalue weighted by Crippen LogP contribution is 2.22. The molecular formula is C12H13FN2O3. The van der Waals surface area contributed by atoms with Gasteiger partial charge in [0.15, 0.2) is 0 Å². The van der Waals surface area contributed by atoms with Gasteiger partial charge in [0, 0.05) is 24.6 Å². The van der Waals surface area contributed by atoms with Crippen LogP contribution in [0.25, 0.3) is 0 Å². The quantitative estimate of drug-likeness (QED) is 0.608. The minimum absolute atomic E-state index is 0.102. The number of ketones is 1. The molecule has 1 aromatic carbocycles. The first-order chi connectivity index (χ1) is 8.56. The summed E-state index contributed by atoms with van der Waals surface area (Å²) in [6.07, 6.45) is 1.31. The third kappa shape index (κ3) is 2.89. The van der Waals surface area contributed by atoms with Gasteiger partial charge < -0.3 is 0 Å². The van der Waals surface area contributed by atoms with E-state index >= 15 is 0 Å². The Bertz CT molecular complexity index is 490. The minimum atomic E-state index is -0.527. The zero-order valence-electron chi connectivity index (χ0n) is 9.76. The van der Waals surface area contributed by atoms with Crippen LogP contribution in [0, 0.1) is 15.9 Å². The van der Waals surface area contributed by atoms with E-state index in [-0.39, 0.29) is 24.6 Å². The monoisotopic (exact) mass is 252 g/mol. The van der Waals surface area contributed by atoms with Crippen LogP contribution in [-0.2, 0) is 11.3 Å². The lowest BCUT2D eigenvalue weighted by Gasteiger charge is -2.25. The van der Waals surface area contributed by atoms with Gasteiger partial charge in [0.1, 0.15) is 11.6 Å². The Morgan fingerprint density at radius 2 is 2.22 bits per heavy atom. The summed E-state index contributed by atoms with van der Waals surface area (Å²) in [5, 5.41) is 10.8. The third-order valence-corrected chi connectivity index (χ3v) is 2.96. The molecule has 5 nitrogen and oxygen atoms in total. The normalized spacial score (nSPS) is 16.8. The summed E-state index contributed by atoms with van der Waals surface area (Å²) in [7, 11) is 0. The summed E-state index contributed by atoms with van der Waals surface area (Å²) < 4.78 is 13.1. The molecule has 0 amide bonds. The van der Waals surface area contributed by atoms with Crippen molar-refractivity contribution in [2.24, 2.45) is 0 Å². The second kappa shape index (κ2) is 5.22. The van der Waals surface area contributed by atoms with Gasteiger partial charge in [-0.2, -0.15) is 0 Å². The Morgan fingerprint density at radius 3 is 2.89 bits per heavy atom. The van der Waals surface area contributed by atoms with Gasteiger partial charge in [0.05, 0.1) is 11.5 Å². The highest BCUT2D eigenvalue weighted by Gasteiger charge is 2.21. The predicted molar refractivity (Wildman–Crippen MR) is 62.6 cm³/mol. The molecule has 1 aliphatic rings. The lowest BCUT2D eigenvalue weighted by atomic mass is 10.1. The summed E-state index contributed by atoms with van der Waals surface area (Å²) in [4.78, 5) is 23.4. The average molecular weight is 252 g/mol. The Kier molecular flexibility index (Phi) is 3.66. The van der Waals surface area contributed by atoms with Crippen LogP contribution < -0.4 is 0 Å². The molecule has 0 unspecified atom stereocenters. The number of carbonyl (C=O) groups excluding carboxylic acids is 1. The summed E-state index contributed by atoms with van der Waals surface area (Å²) in [5.74, 6) is -0.376. The fraction of sp³-hybridized carbons (Fsp3) is 0.417. The molecular weight excluding hydrogens is 239 g/mol. The van der Waals surface area contributed by atoms with E-state index < -0.39 is 10.7 Å². The summed E-state index contributed by atoms with van der Waals surface area (Å²) in [6.45, 7) is 1.23. The molecule has 0 bridgehead atoms. The molecule has 1 aromatic rings. The number of halogens is 1. The summed E-state index contributed by atoms with van der Waals surface area (Å²) in [6, 6.07) is 3.40. The van der Waals surface area contributed by atoms with E-state index in [1.807, 2.05) is 4.90 Å². The van der Waals surface area contributed by atoms with Crippen molar-refractivity contribution < 1.29 is 14.1 Å². The number of likely N-dealkylation sites (tertiary alicyclic amines) is 1. The highest BCUT2D eigenvalue weighted by molar-refractivity contribution is 5.81. The number of rotatable bonds is 3. The molecule has 0 aliphatic carbocycles. The molecule has 6 heteroatoms. The molecule has 0 spiro atoms. The van der Waals surface area contributed by atoms with Gasteiger partial charge in [0.25, 0.3) is 5.69 Å². The lowest BCUT2D eigenvalue weighted by Crippen LogP contribution is -2.35. The molecule has 0 atom stereocenters. The number of piperidine rings is 1. The lowest BCUT2D eigenvalue weighted by molar-refractivity contribution is -0.385. The zero-order chi connectivity index (χ0) is 13.1. The Hall–Kier alpha value is -1.82. The van der Waals surface area contributed by atoms with Crippen molar-refractivity contribution >= 4 is 11.5 Å². The largest absolute Gasteiger partial charge is 0.298 e. The first kappa shape index (κ1) is 12.6. The van der Waals surface area contributed by atoms with Crippen molar-refractivity contribution in [3.8, 4) is 0 Å². The number of nitro groups is 1. The van der Waals surface area contributed by atoms with E-state index in [9.17, 15) is 19.3 Å². The summed E-state index contributed by atoms with van der Waals surface area (Å²) >= 11 is 0. The standard InChI is InChI=1S/C12H13FN2O3/c13-10-3-4-12(15(17)18)9(6-10)7-14-5-1-2-11(16)8-14/h3-4,6H,1-2,5,7-8H2. The van der Waals surface area contributed by atoms with Crippen LogP contribution in [0.3, 0.4) is 0 Å². The van der Waals surface area contributed by atoms with Crippen molar-refractivity contribution in [2.75, 3.05) is 13.1 Å². The van der Waals surface area contributed by atoms with E-state index in [0.717, 1.165) is 24.6 Å². The number of Topliss-reactive ketones (excluding diaryl/α,β-unsaturated/α-hetero) is 1. The fourth-order valence-electron chi connectivity index (χ4n) is 2.14. The van der Waals surface area contributed by atoms with Gasteiger partial charge in [-0.1, -0.05) is 0 Å². The number of carbonyl (C=O) groups is 1. The average Bonchev–Trinajstić information content (AvgIpc) is 2.28. The molecule has 1 saturated heterocycles. The van der Waals surface area contributed by atoms with Crippen molar-refractivity contribution in [1.29, 1.82) is 0 Å². The maximum atomic E-state index is 13.1. The highest BCUT2D eigenvalue weighted by atomic mass is 19.1. The van der Waals surface area contributed by atoms with Crippen molar-refractivity contribution in [2.45, 2.75) is 19.4 Å². The molecule has 0 saturated carbocycles. The van der Waals surface area contributed by atoms with E-state index in [0.29, 0.717) is 18.5 Å². The van der Waals surface area contributed by atoms with Crippen molar-refractivity contribution in [3.63, 3.8) is 0 Å².